The van der Waals surface area contributed by atoms with Crippen LogP contribution in [0.4, 0.5) is 0 Å². The number of rotatable bonds is 8. The standard InChI is InChI=1S/C18H26O.C14H18O/c1-3-8-14-9-5-6-11-17(14)18-12-7-10-15(13-19)16(18)4-2;15-11-14-9-5-4-8-13(14)10-12-6-2-1-3-7-12/h7,10,12-14,17H,3-6,8-9,11H2,1-2H3;4-5,8-9,11-12H,1-3,6-7,10H2. The average Bonchev–Trinajstić information content (AvgIpc) is 2.90. The highest BCUT2D eigenvalue weighted by Gasteiger charge is 2.27. The van der Waals surface area contributed by atoms with Gasteiger partial charge in [-0.25, -0.2) is 0 Å². The maximum absolute atomic E-state index is 11.2. The van der Waals surface area contributed by atoms with Crippen molar-refractivity contribution in [3.05, 3.63) is 70.3 Å². The fourth-order valence-electron chi connectivity index (χ4n) is 6.36. The number of hydrogen-bond donors (Lipinski definition) is 0. The highest BCUT2D eigenvalue weighted by atomic mass is 16.1. The molecular formula is C32H44O2. The van der Waals surface area contributed by atoms with E-state index in [0.29, 0.717) is 5.92 Å². The van der Waals surface area contributed by atoms with Gasteiger partial charge in [0, 0.05) is 11.1 Å². The van der Waals surface area contributed by atoms with Gasteiger partial charge >= 0.3 is 0 Å². The summed E-state index contributed by atoms with van der Waals surface area (Å²) in [5.74, 6) is 2.31. The molecule has 2 heteroatoms. The van der Waals surface area contributed by atoms with Gasteiger partial charge in [0.1, 0.15) is 12.6 Å². The Kier molecular flexibility index (Phi) is 11.1. The van der Waals surface area contributed by atoms with Crippen molar-refractivity contribution in [2.75, 3.05) is 0 Å². The summed E-state index contributed by atoms with van der Waals surface area (Å²) >= 11 is 0. The molecular weight excluding hydrogens is 416 g/mol. The quantitative estimate of drug-likeness (QED) is 0.369. The number of carbonyl (C=O) groups is 2. The van der Waals surface area contributed by atoms with Gasteiger partial charge in [-0.2, -0.15) is 0 Å². The lowest BCUT2D eigenvalue weighted by Gasteiger charge is -2.33. The molecule has 0 heterocycles. The molecule has 0 aliphatic heterocycles. The first-order valence-corrected chi connectivity index (χ1v) is 13.8. The minimum absolute atomic E-state index is 0.684. The zero-order valence-electron chi connectivity index (χ0n) is 21.4. The normalized spacial score (nSPS) is 20.8. The van der Waals surface area contributed by atoms with Crippen molar-refractivity contribution in [1.82, 2.24) is 0 Å². The van der Waals surface area contributed by atoms with E-state index in [1.54, 1.807) is 0 Å². The van der Waals surface area contributed by atoms with E-state index in [9.17, 15) is 9.59 Å². The average molecular weight is 461 g/mol. The van der Waals surface area contributed by atoms with Crippen molar-refractivity contribution < 1.29 is 9.59 Å². The van der Waals surface area contributed by atoms with E-state index in [2.05, 4.69) is 32.0 Å². The van der Waals surface area contributed by atoms with Crippen molar-refractivity contribution in [2.24, 2.45) is 11.8 Å². The van der Waals surface area contributed by atoms with Gasteiger partial charge in [-0.15, -0.1) is 0 Å². The summed E-state index contributed by atoms with van der Waals surface area (Å²) in [5, 5.41) is 0. The Morgan fingerprint density at radius 1 is 0.765 bits per heavy atom. The van der Waals surface area contributed by atoms with Gasteiger partial charge in [-0.1, -0.05) is 114 Å². The number of hydrogen-bond acceptors (Lipinski definition) is 2. The second-order valence-corrected chi connectivity index (χ2v) is 10.4. The van der Waals surface area contributed by atoms with E-state index < -0.39 is 0 Å². The summed E-state index contributed by atoms with van der Waals surface area (Å²) in [6.07, 6.45) is 18.9. The molecule has 0 saturated heterocycles. The minimum Gasteiger partial charge on any atom is -0.298 e. The van der Waals surface area contributed by atoms with Crippen LogP contribution in [0.2, 0.25) is 0 Å². The molecule has 0 bridgehead atoms. The van der Waals surface area contributed by atoms with E-state index in [4.69, 9.17) is 0 Å². The molecule has 2 nitrogen and oxygen atoms in total. The Morgan fingerprint density at radius 2 is 1.44 bits per heavy atom. The Bertz CT molecular complexity index is 892. The Labute approximate surface area is 207 Å². The molecule has 2 unspecified atom stereocenters. The van der Waals surface area contributed by atoms with Crippen LogP contribution in [0.3, 0.4) is 0 Å². The van der Waals surface area contributed by atoms with Crippen LogP contribution in [-0.4, -0.2) is 12.6 Å². The molecule has 184 valence electrons. The van der Waals surface area contributed by atoms with Crippen LogP contribution in [0.15, 0.2) is 42.5 Å². The van der Waals surface area contributed by atoms with Crippen LogP contribution >= 0.6 is 0 Å². The summed E-state index contributed by atoms with van der Waals surface area (Å²) in [6.45, 7) is 4.46. The first-order valence-electron chi connectivity index (χ1n) is 13.8. The van der Waals surface area contributed by atoms with Gasteiger partial charge in [-0.3, -0.25) is 9.59 Å². The highest BCUT2D eigenvalue weighted by molar-refractivity contribution is 5.78. The summed E-state index contributed by atoms with van der Waals surface area (Å²) in [4.78, 5) is 22.1. The van der Waals surface area contributed by atoms with E-state index in [0.717, 1.165) is 48.4 Å². The molecule has 2 aliphatic carbocycles. The number of carbonyl (C=O) groups excluding carboxylic acids is 2. The van der Waals surface area contributed by atoms with Crippen molar-refractivity contribution in [1.29, 1.82) is 0 Å². The second kappa shape index (κ2) is 14.2. The van der Waals surface area contributed by atoms with Crippen molar-refractivity contribution in [2.45, 2.75) is 103 Å². The molecule has 2 aromatic rings. The Morgan fingerprint density at radius 3 is 2.15 bits per heavy atom. The van der Waals surface area contributed by atoms with Crippen LogP contribution in [0.1, 0.15) is 128 Å². The fourth-order valence-corrected chi connectivity index (χ4v) is 6.36. The topological polar surface area (TPSA) is 34.1 Å². The first-order chi connectivity index (χ1) is 16.7. The van der Waals surface area contributed by atoms with Crippen molar-refractivity contribution >= 4 is 12.6 Å². The van der Waals surface area contributed by atoms with E-state index in [1.807, 2.05) is 24.3 Å². The van der Waals surface area contributed by atoms with Crippen molar-refractivity contribution in [3.63, 3.8) is 0 Å². The lowest BCUT2D eigenvalue weighted by molar-refractivity contribution is 0.111. The number of aldehydes is 2. The summed E-state index contributed by atoms with van der Waals surface area (Å²) in [5.41, 5.74) is 5.78. The van der Waals surface area contributed by atoms with Gasteiger partial charge in [-0.05, 0) is 60.1 Å². The Hall–Kier alpha value is -2.22. The molecule has 2 fully saturated rings. The van der Waals surface area contributed by atoms with Crippen LogP contribution in [0, 0.1) is 11.8 Å². The van der Waals surface area contributed by atoms with E-state index in [1.165, 1.54) is 87.3 Å². The van der Waals surface area contributed by atoms with Crippen molar-refractivity contribution in [3.8, 4) is 0 Å². The minimum atomic E-state index is 0.684. The largest absolute Gasteiger partial charge is 0.298 e. The maximum Gasteiger partial charge on any atom is 0.150 e. The van der Waals surface area contributed by atoms with Gasteiger partial charge in [0.25, 0.3) is 0 Å². The summed E-state index contributed by atoms with van der Waals surface area (Å²) in [7, 11) is 0. The molecule has 0 radical (unpaired) electrons. The third-order valence-corrected chi connectivity index (χ3v) is 8.11. The molecule has 34 heavy (non-hydrogen) atoms. The molecule has 0 amide bonds. The zero-order chi connectivity index (χ0) is 24.2. The molecule has 2 aromatic carbocycles. The molecule has 0 spiro atoms. The van der Waals surface area contributed by atoms with Crippen LogP contribution in [-0.2, 0) is 12.8 Å². The molecule has 2 atom stereocenters. The summed E-state index contributed by atoms with van der Waals surface area (Å²) in [6, 6.07) is 14.3. The van der Waals surface area contributed by atoms with Gasteiger partial charge in [0.2, 0.25) is 0 Å². The van der Waals surface area contributed by atoms with Crippen LogP contribution in [0.25, 0.3) is 0 Å². The van der Waals surface area contributed by atoms with Gasteiger partial charge < -0.3 is 0 Å². The summed E-state index contributed by atoms with van der Waals surface area (Å²) < 4.78 is 0. The van der Waals surface area contributed by atoms with Gasteiger partial charge in [0.05, 0.1) is 0 Å². The second-order valence-electron chi connectivity index (χ2n) is 10.4. The molecule has 0 aromatic heterocycles. The van der Waals surface area contributed by atoms with E-state index >= 15 is 0 Å². The van der Waals surface area contributed by atoms with Gasteiger partial charge in [0.15, 0.2) is 0 Å². The first kappa shape index (κ1) is 26.4. The maximum atomic E-state index is 11.2. The third kappa shape index (κ3) is 7.14. The third-order valence-electron chi connectivity index (χ3n) is 8.11. The fraction of sp³-hybridized carbons (Fsp3) is 0.562. The molecule has 0 N–H and O–H groups in total. The predicted molar refractivity (Wildman–Crippen MR) is 143 cm³/mol. The lowest BCUT2D eigenvalue weighted by Crippen LogP contribution is -2.19. The zero-order valence-corrected chi connectivity index (χ0v) is 21.4. The van der Waals surface area contributed by atoms with Crippen LogP contribution in [0.5, 0.6) is 0 Å². The SMILES string of the molecule is CCCC1CCCCC1c1cccc(C=O)c1CC.O=Cc1ccccc1CC1CCCCC1. The Balaban J connectivity index is 0.000000196. The monoisotopic (exact) mass is 460 g/mol. The lowest BCUT2D eigenvalue weighted by atomic mass is 9.72. The smallest absolute Gasteiger partial charge is 0.150 e. The van der Waals surface area contributed by atoms with Crippen LogP contribution < -0.4 is 0 Å². The molecule has 2 aliphatic rings. The van der Waals surface area contributed by atoms with E-state index in [-0.39, 0.29) is 0 Å². The number of benzene rings is 2. The predicted octanol–water partition coefficient (Wildman–Crippen LogP) is 8.76. The molecule has 4 rings (SSSR count). The molecule has 2 saturated carbocycles. The highest BCUT2D eigenvalue weighted by Crippen LogP contribution is 2.42.